The van der Waals surface area contributed by atoms with Crippen LogP contribution in [0.5, 0.6) is 0 Å². The van der Waals surface area contributed by atoms with E-state index >= 15 is 0 Å². The summed E-state index contributed by atoms with van der Waals surface area (Å²) in [5.41, 5.74) is 4.10. The molecule has 5 aromatic rings. The minimum absolute atomic E-state index is 0.0451. The summed E-state index contributed by atoms with van der Waals surface area (Å²) in [6.45, 7) is 1.19. The number of aryl methyl sites for hydroxylation is 1. The number of carbonyl (C=O) groups excluding carboxylic acids is 1. The molecule has 0 spiro atoms. The van der Waals surface area contributed by atoms with Crippen molar-refractivity contribution >= 4 is 44.1 Å². The Balaban J connectivity index is 1.24. The summed E-state index contributed by atoms with van der Waals surface area (Å²) in [6.07, 6.45) is 2.48. The first-order chi connectivity index (χ1) is 15.7. The number of benzene rings is 2. The van der Waals surface area contributed by atoms with Gasteiger partial charge in [-0.1, -0.05) is 18.2 Å². The molecule has 0 unspecified atom stereocenters. The van der Waals surface area contributed by atoms with Gasteiger partial charge >= 0.3 is 0 Å². The molecule has 6 nitrogen and oxygen atoms in total. The van der Waals surface area contributed by atoms with E-state index in [4.69, 9.17) is 4.98 Å². The number of hydrogen-bond donors (Lipinski definition) is 2. The number of aromatic nitrogens is 3. The van der Waals surface area contributed by atoms with Gasteiger partial charge in [0.1, 0.15) is 5.82 Å². The zero-order chi connectivity index (χ0) is 21.9. The SMILES string of the molecule is Cn1c(CNc2ccc3sc(C(=O)NCCc4ccccn4)cc3c2)nc2ccccc21. The predicted molar refractivity (Wildman–Crippen MR) is 130 cm³/mol. The standard InChI is InChI=1S/C25H23N5OS/c1-30-21-8-3-2-7-20(21)29-24(30)16-28-19-9-10-22-17(14-19)15-23(32-22)25(31)27-13-11-18-6-4-5-12-26-18/h2-10,12,14-15,28H,11,13,16H2,1H3,(H,27,31). The van der Waals surface area contributed by atoms with Gasteiger partial charge in [0.2, 0.25) is 0 Å². The van der Waals surface area contributed by atoms with Gasteiger partial charge in [-0.2, -0.15) is 0 Å². The van der Waals surface area contributed by atoms with Crippen LogP contribution in [-0.2, 0) is 20.0 Å². The lowest BCUT2D eigenvalue weighted by Crippen LogP contribution is -2.25. The zero-order valence-electron chi connectivity index (χ0n) is 17.7. The van der Waals surface area contributed by atoms with Crippen LogP contribution in [0.4, 0.5) is 5.69 Å². The van der Waals surface area contributed by atoms with Gasteiger partial charge in [-0.15, -0.1) is 11.3 Å². The van der Waals surface area contributed by atoms with E-state index in [9.17, 15) is 4.79 Å². The Morgan fingerprint density at radius 2 is 1.94 bits per heavy atom. The third-order valence-corrected chi connectivity index (χ3v) is 6.58. The Morgan fingerprint density at radius 1 is 1.06 bits per heavy atom. The number of amides is 1. The molecule has 0 saturated heterocycles. The van der Waals surface area contributed by atoms with Gasteiger partial charge in [-0.25, -0.2) is 4.98 Å². The molecule has 3 heterocycles. The van der Waals surface area contributed by atoms with Gasteiger partial charge in [0.05, 0.1) is 22.5 Å². The minimum atomic E-state index is -0.0451. The molecule has 5 rings (SSSR count). The lowest BCUT2D eigenvalue weighted by Gasteiger charge is -2.07. The smallest absolute Gasteiger partial charge is 0.261 e. The van der Waals surface area contributed by atoms with Crippen LogP contribution < -0.4 is 10.6 Å². The van der Waals surface area contributed by atoms with Crippen LogP contribution >= 0.6 is 11.3 Å². The number of para-hydroxylation sites is 2. The normalized spacial score (nSPS) is 11.2. The van der Waals surface area contributed by atoms with Crippen molar-refractivity contribution in [2.45, 2.75) is 13.0 Å². The number of pyridine rings is 1. The maximum atomic E-state index is 12.6. The lowest BCUT2D eigenvalue weighted by molar-refractivity contribution is 0.0958. The van der Waals surface area contributed by atoms with Crippen LogP contribution in [0.15, 0.2) is 72.9 Å². The van der Waals surface area contributed by atoms with E-state index in [-0.39, 0.29) is 5.91 Å². The molecular formula is C25H23N5OS. The molecular weight excluding hydrogens is 418 g/mol. The maximum Gasteiger partial charge on any atom is 0.261 e. The number of rotatable bonds is 7. The van der Waals surface area contributed by atoms with Crippen molar-refractivity contribution in [2.24, 2.45) is 7.05 Å². The maximum absolute atomic E-state index is 12.6. The summed E-state index contributed by atoms with van der Waals surface area (Å²) in [4.78, 5) is 22.3. The van der Waals surface area contributed by atoms with Crippen LogP contribution in [0.2, 0.25) is 0 Å². The molecule has 0 atom stereocenters. The molecule has 3 aromatic heterocycles. The number of fused-ring (bicyclic) bond motifs is 2. The Kier molecular flexibility index (Phi) is 5.56. The van der Waals surface area contributed by atoms with E-state index in [2.05, 4.69) is 38.4 Å². The number of carbonyl (C=O) groups is 1. The summed E-state index contributed by atoms with van der Waals surface area (Å²) in [7, 11) is 2.03. The van der Waals surface area contributed by atoms with E-state index in [1.807, 2.05) is 55.6 Å². The number of imidazole rings is 1. The molecule has 0 radical (unpaired) electrons. The summed E-state index contributed by atoms with van der Waals surface area (Å²) in [5, 5.41) is 7.51. The third-order valence-electron chi connectivity index (χ3n) is 5.46. The zero-order valence-corrected chi connectivity index (χ0v) is 18.5. The fourth-order valence-electron chi connectivity index (χ4n) is 3.74. The van der Waals surface area contributed by atoms with Crippen molar-refractivity contribution in [2.75, 3.05) is 11.9 Å². The topological polar surface area (TPSA) is 71.8 Å². The molecule has 0 aliphatic carbocycles. The number of thiophene rings is 1. The average Bonchev–Trinajstić information content (AvgIpc) is 3.39. The van der Waals surface area contributed by atoms with Gasteiger partial charge in [0, 0.05) is 42.3 Å². The first-order valence-electron chi connectivity index (χ1n) is 10.5. The van der Waals surface area contributed by atoms with Gasteiger partial charge < -0.3 is 15.2 Å². The second kappa shape index (κ2) is 8.80. The summed E-state index contributed by atoms with van der Waals surface area (Å²) >= 11 is 1.51. The molecule has 0 fully saturated rings. The van der Waals surface area contributed by atoms with Crippen molar-refractivity contribution in [3.05, 3.63) is 89.3 Å². The van der Waals surface area contributed by atoms with Crippen molar-refractivity contribution in [3.8, 4) is 0 Å². The lowest BCUT2D eigenvalue weighted by atomic mass is 10.2. The number of hydrogen-bond acceptors (Lipinski definition) is 5. The van der Waals surface area contributed by atoms with Crippen LogP contribution in [0.1, 0.15) is 21.2 Å². The van der Waals surface area contributed by atoms with E-state index in [0.717, 1.165) is 38.3 Å². The molecule has 0 aliphatic rings. The molecule has 32 heavy (non-hydrogen) atoms. The fourth-order valence-corrected chi connectivity index (χ4v) is 4.70. The van der Waals surface area contributed by atoms with Gasteiger partial charge in [-0.05, 0) is 53.9 Å². The highest BCUT2D eigenvalue weighted by molar-refractivity contribution is 7.20. The Hall–Kier alpha value is -3.71. The Labute approximate surface area is 189 Å². The monoisotopic (exact) mass is 441 g/mol. The summed E-state index contributed by atoms with van der Waals surface area (Å²) in [6, 6.07) is 22.1. The molecule has 2 N–H and O–H groups in total. The van der Waals surface area contributed by atoms with Crippen molar-refractivity contribution in [1.29, 1.82) is 0 Å². The highest BCUT2D eigenvalue weighted by Crippen LogP contribution is 2.28. The molecule has 0 aliphatic heterocycles. The highest BCUT2D eigenvalue weighted by atomic mass is 32.1. The first kappa shape index (κ1) is 20.2. The highest BCUT2D eigenvalue weighted by Gasteiger charge is 2.11. The molecule has 1 amide bonds. The van der Waals surface area contributed by atoms with E-state index in [1.165, 1.54) is 11.3 Å². The van der Waals surface area contributed by atoms with E-state index in [0.29, 0.717) is 24.4 Å². The van der Waals surface area contributed by atoms with E-state index < -0.39 is 0 Å². The van der Waals surface area contributed by atoms with Crippen molar-refractivity contribution in [3.63, 3.8) is 0 Å². The summed E-state index contributed by atoms with van der Waals surface area (Å²) < 4.78 is 3.20. The number of nitrogens with zero attached hydrogens (tertiary/aromatic N) is 3. The molecule has 0 saturated carbocycles. The van der Waals surface area contributed by atoms with Gasteiger partial charge in [-0.3, -0.25) is 9.78 Å². The van der Waals surface area contributed by atoms with E-state index in [1.54, 1.807) is 6.20 Å². The predicted octanol–water partition coefficient (Wildman–Crippen LogP) is 4.77. The summed E-state index contributed by atoms with van der Waals surface area (Å²) in [5.74, 6) is 0.931. The molecule has 2 aromatic carbocycles. The van der Waals surface area contributed by atoms with Gasteiger partial charge in [0.25, 0.3) is 5.91 Å². The number of anilines is 1. The minimum Gasteiger partial charge on any atom is -0.378 e. The Morgan fingerprint density at radius 3 is 2.78 bits per heavy atom. The van der Waals surface area contributed by atoms with Crippen LogP contribution in [0.3, 0.4) is 0 Å². The second-order valence-corrected chi connectivity index (χ2v) is 8.70. The first-order valence-corrected chi connectivity index (χ1v) is 11.3. The van der Waals surface area contributed by atoms with Crippen LogP contribution in [0, 0.1) is 0 Å². The quantitative estimate of drug-likeness (QED) is 0.382. The largest absolute Gasteiger partial charge is 0.378 e. The molecule has 160 valence electrons. The van der Waals surface area contributed by atoms with Crippen molar-refractivity contribution < 1.29 is 4.79 Å². The third kappa shape index (κ3) is 4.20. The molecule has 0 bridgehead atoms. The van der Waals surface area contributed by atoms with Crippen molar-refractivity contribution in [1.82, 2.24) is 19.9 Å². The number of nitrogens with one attached hydrogen (secondary N) is 2. The molecule has 7 heteroatoms. The fraction of sp³-hybridized carbons (Fsp3) is 0.160. The average molecular weight is 442 g/mol. The van der Waals surface area contributed by atoms with Crippen LogP contribution in [0.25, 0.3) is 21.1 Å². The van der Waals surface area contributed by atoms with Gasteiger partial charge in [0.15, 0.2) is 0 Å². The Bertz CT molecular complexity index is 1390. The van der Waals surface area contributed by atoms with Crippen LogP contribution in [-0.4, -0.2) is 27.0 Å². The second-order valence-electron chi connectivity index (χ2n) is 7.62.